The van der Waals surface area contributed by atoms with Crippen LogP contribution in [0.15, 0.2) is 24.3 Å². The Morgan fingerprint density at radius 1 is 1.06 bits per heavy atom. The van der Waals surface area contributed by atoms with E-state index in [0.29, 0.717) is 18.8 Å². The van der Waals surface area contributed by atoms with Gasteiger partial charge in [-0.1, -0.05) is 26.0 Å². The molecule has 0 aliphatic rings. The molecule has 0 radical (unpaired) electrons. The van der Waals surface area contributed by atoms with Crippen molar-refractivity contribution in [3.05, 3.63) is 29.8 Å². The average molecular weight is 270 g/mol. The van der Waals surface area contributed by atoms with Gasteiger partial charge in [-0.3, -0.25) is 0 Å². The lowest BCUT2D eigenvalue weighted by Crippen LogP contribution is -2.33. The van der Waals surface area contributed by atoms with Gasteiger partial charge in [-0.25, -0.2) is 12.7 Å². The molecule has 0 unspecified atom stereocenters. The van der Waals surface area contributed by atoms with Crippen LogP contribution in [-0.4, -0.2) is 25.8 Å². The third kappa shape index (κ3) is 4.31. The number of nitrogen functional groups attached to an aromatic ring is 1. The van der Waals surface area contributed by atoms with Gasteiger partial charge in [0, 0.05) is 18.8 Å². The van der Waals surface area contributed by atoms with Crippen molar-refractivity contribution in [2.75, 3.05) is 18.8 Å². The number of nitrogens with two attached hydrogens (primary N) is 1. The fourth-order valence-corrected chi connectivity index (χ4v) is 3.52. The van der Waals surface area contributed by atoms with Crippen LogP contribution in [0.25, 0.3) is 0 Å². The first-order valence-corrected chi connectivity index (χ1v) is 7.92. The largest absolute Gasteiger partial charge is 0.399 e. The summed E-state index contributed by atoms with van der Waals surface area (Å²) in [7, 11) is -3.22. The Labute approximate surface area is 110 Å². The van der Waals surface area contributed by atoms with Gasteiger partial charge in [-0.05, 0) is 30.5 Å². The molecular weight excluding hydrogens is 248 g/mol. The average Bonchev–Trinajstić information content (AvgIpc) is 2.32. The van der Waals surface area contributed by atoms with E-state index in [-0.39, 0.29) is 5.75 Å². The standard InChI is InChI=1S/C13H22N2O2S/c1-3-9-15(10-4-2)18(16,17)11-12-5-7-13(14)8-6-12/h5-8H,3-4,9-11,14H2,1-2H3. The summed E-state index contributed by atoms with van der Waals surface area (Å²) in [6.07, 6.45) is 1.67. The van der Waals surface area contributed by atoms with Crippen molar-refractivity contribution in [1.29, 1.82) is 0 Å². The molecule has 0 aliphatic carbocycles. The summed E-state index contributed by atoms with van der Waals surface area (Å²) in [6, 6.07) is 7.00. The maximum absolute atomic E-state index is 12.3. The number of rotatable bonds is 7. The lowest BCUT2D eigenvalue weighted by Gasteiger charge is -2.21. The van der Waals surface area contributed by atoms with Crippen LogP contribution in [0.2, 0.25) is 0 Å². The van der Waals surface area contributed by atoms with Gasteiger partial charge in [0.2, 0.25) is 10.0 Å². The second-order valence-electron chi connectivity index (χ2n) is 4.40. The molecule has 0 aromatic heterocycles. The number of anilines is 1. The lowest BCUT2D eigenvalue weighted by atomic mass is 10.2. The predicted octanol–water partition coefficient (Wildman–Crippen LogP) is 2.22. The van der Waals surface area contributed by atoms with Gasteiger partial charge in [-0.15, -0.1) is 0 Å². The number of sulfonamides is 1. The first kappa shape index (κ1) is 15.0. The van der Waals surface area contributed by atoms with E-state index in [1.807, 2.05) is 13.8 Å². The van der Waals surface area contributed by atoms with Gasteiger partial charge in [0.05, 0.1) is 5.75 Å². The number of hydrogen-bond donors (Lipinski definition) is 1. The summed E-state index contributed by atoms with van der Waals surface area (Å²) in [4.78, 5) is 0. The molecule has 0 bridgehead atoms. The minimum atomic E-state index is -3.22. The molecule has 0 heterocycles. The zero-order chi connectivity index (χ0) is 13.6. The van der Waals surface area contributed by atoms with Crippen LogP contribution in [0.3, 0.4) is 0 Å². The highest BCUT2D eigenvalue weighted by Crippen LogP contribution is 2.13. The highest BCUT2D eigenvalue weighted by Gasteiger charge is 2.20. The van der Waals surface area contributed by atoms with Crippen molar-refractivity contribution in [3.8, 4) is 0 Å². The zero-order valence-corrected chi connectivity index (χ0v) is 11.9. The van der Waals surface area contributed by atoms with Crippen LogP contribution in [0.5, 0.6) is 0 Å². The van der Waals surface area contributed by atoms with Crippen molar-refractivity contribution >= 4 is 15.7 Å². The number of nitrogens with zero attached hydrogens (tertiary/aromatic N) is 1. The maximum atomic E-state index is 12.3. The Balaban J connectivity index is 2.81. The molecule has 102 valence electrons. The molecular formula is C13H22N2O2S. The van der Waals surface area contributed by atoms with Gasteiger partial charge in [0.25, 0.3) is 0 Å². The SMILES string of the molecule is CCCN(CCC)S(=O)(=O)Cc1ccc(N)cc1. The minimum absolute atomic E-state index is 0.0489. The molecule has 0 fully saturated rings. The molecule has 1 aromatic rings. The first-order valence-electron chi connectivity index (χ1n) is 6.31. The molecule has 18 heavy (non-hydrogen) atoms. The summed E-state index contributed by atoms with van der Waals surface area (Å²) < 4.78 is 26.1. The fourth-order valence-electron chi connectivity index (χ4n) is 1.80. The van der Waals surface area contributed by atoms with Gasteiger partial charge >= 0.3 is 0 Å². The molecule has 0 amide bonds. The van der Waals surface area contributed by atoms with Gasteiger partial charge in [0.15, 0.2) is 0 Å². The van der Waals surface area contributed by atoms with Crippen LogP contribution in [-0.2, 0) is 15.8 Å². The molecule has 0 atom stereocenters. The highest BCUT2D eigenvalue weighted by molar-refractivity contribution is 7.88. The van der Waals surface area contributed by atoms with E-state index < -0.39 is 10.0 Å². The Morgan fingerprint density at radius 3 is 2.00 bits per heavy atom. The van der Waals surface area contributed by atoms with E-state index in [2.05, 4.69) is 0 Å². The predicted molar refractivity (Wildman–Crippen MR) is 75.6 cm³/mol. The van der Waals surface area contributed by atoms with Crippen LogP contribution in [0, 0.1) is 0 Å². The van der Waals surface area contributed by atoms with Crippen molar-refractivity contribution in [3.63, 3.8) is 0 Å². The third-order valence-electron chi connectivity index (χ3n) is 2.67. The van der Waals surface area contributed by atoms with Crippen molar-refractivity contribution in [2.24, 2.45) is 0 Å². The molecule has 2 N–H and O–H groups in total. The quantitative estimate of drug-likeness (QED) is 0.773. The van der Waals surface area contributed by atoms with Gasteiger partial charge in [-0.2, -0.15) is 0 Å². The minimum Gasteiger partial charge on any atom is -0.399 e. The Kier molecular flexibility index (Phi) is 5.62. The molecule has 0 aliphatic heterocycles. The Bertz CT molecular complexity index is 448. The van der Waals surface area contributed by atoms with Crippen molar-refractivity contribution in [1.82, 2.24) is 4.31 Å². The smallest absolute Gasteiger partial charge is 0.218 e. The summed E-state index contributed by atoms with van der Waals surface area (Å²) in [5, 5.41) is 0. The van der Waals surface area contributed by atoms with Crippen LogP contribution in [0.1, 0.15) is 32.3 Å². The molecule has 0 saturated heterocycles. The molecule has 1 aromatic carbocycles. The van der Waals surface area contributed by atoms with E-state index in [4.69, 9.17) is 5.73 Å². The summed E-state index contributed by atoms with van der Waals surface area (Å²) >= 11 is 0. The van der Waals surface area contributed by atoms with Crippen molar-refractivity contribution in [2.45, 2.75) is 32.4 Å². The molecule has 5 heteroatoms. The van der Waals surface area contributed by atoms with Gasteiger partial charge in [0.1, 0.15) is 0 Å². The summed E-state index contributed by atoms with van der Waals surface area (Å²) in [6.45, 7) is 5.15. The normalized spacial score (nSPS) is 11.9. The van der Waals surface area contributed by atoms with Crippen LogP contribution < -0.4 is 5.73 Å². The maximum Gasteiger partial charge on any atom is 0.218 e. The van der Waals surface area contributed by atoms with E-state index in [9.17, 15) is 8.42 Å². The van der Waals surface area contributed by atoms with Gasteiger partial charge < -0.3 is 5.73 Å². The molecule has 1 rings (SSSR count). The molecule has 4 nitrogen and oxygen atoms in total. The summed E-state index contributed by atoms with van der Waals surface area (Å²) in [5.41, 5.74) is 7.01. The summed E-state index contributed by atoms with van der Waals surface area (Å²) in [5.74, 6) is 0.0489. The van der Waals surface area contributed by atoms with E-state index >= 15 is 0 Å². The molecule has 0 saturated carbocycles. The Hall–Kier alpha value is -1.07. The first-order chi connectivity index (χ1) is 8.49. The van der Waals surface area contributed by atoms with E-state index in [1.54, 1.807) is 28.6 Å². The van der Waals surface area contributed by atoms with E-state index in [1.165, 1.54) is 0 Å². The number of hydrogen-bond acceptors (Lipinski definition) is 3. The second-order valence-corrected chi connectivity index (χ2v) is 6.37. The Morgan fingerprint density at radius 2 is 1.56 bits per heavy atom. The topological polar surface area (TPSA) is 63.4 Å². The van der Waals surface area contributed by atoms with Crippen LogP contribution >= 0.6 is 0 Å². The highest BCUT2D eigenvalue weighted by atomic mass is 32.2. The van der Waals surface area contributed by atoms with Crippen LogP contribution in [0.4, 0.5) is 5.69 Å². The lowest BCUT2D eigenvalue weighted by molar-refractivity contribution is 0.409. The fraction of sp³-hybridized carbons (Fsp3) is 0.538. The second kappa shape index (κ2) is 6.75. The zero-order valence-electron chi connectivity index (χ0n) is 11.1. The van der Waals surface area contributed by atoms with Crippen molar-refractivity contribution < 1.29 is 8.42 Å². The molecule has 0 spiro atoms. The van der Waals surface area contributed by atoms with E-state index in [0.717, 1.165) is 18.4 Å². The third-order valence-corrected chi connectivity index (χ3v) is 4.52. The monoisotopic (exact) mass is 270 g/mol. The number of benzene rings is 1.